The van der Waals surface area contributed by atoms with Crippen molar-refractivity contribution >= 4 is 0 Å². The van der Waals surface area contributed by atoms with E-state index in [2.05, 4.69) is 34.4 Å². The van der Waals surface area contributed by atoms with Gasteiger partial charge in [0.25, 0.3) is 0 Å². The monoisotopic (exact) mass is 247 g/mol. The van der Waals surface area contributed by atoms with Crippen LogP contribution >= 0.6 is 0 Å². The number of hydrogen-bond acceptors (Lipinski definition) is 3. The molecule has 18 heavy (non-hydrogen) atoms. The lowest BCUT2D eigenvalue weighted by Crippen LogP contribution is -2.30. The zero-order valence-electron chi connectivity index (χ0n) is 11.4. The van der Waals surface area contributed by atoms with E-state index in [1.165, 1.54) is 44.6 Å². The Bertz CT molecular complexity index is 320. The van der Waals surface area contributed by atoms with Crippen LogP contribution in [0.25, 0.3) is 0 Å². The van der Waals surface area contributed by atoms with Crippen molar-refractivity contribution in [1.82, 2.24) is 15.2 Å². The Morgan fingerprint density at radius 3 is 2.83 bits per heavy atom. The standard InChI is InChI=1S/C15H25N3/c1-18(12-7-14-5-10-16-11-6-14)13-8-15-4-2-3-9-17-15/h2-4,9,14,16H,5-8,10-13H2,1H3. The summed E-state index contributed by atoms with van der Waals surface area (Å²) in [6.45, 7) is 4.75. The minimum Gasteiger partial charge on any atom is -0.317 e. The van der Waals surface area contributed by atoms with Gasteiger partial charge >= 0.3 is 0 Å². The molecule has 100 valence electrons. The van der Waals surface area contributed by atoms with Crippen LogP contribution in [-0.2, 0) is 6.42 Å². The molecular weight excluding hydrogens is 222 g/mol. The zero-order valence-corrected chi connectivity index (χ0v) is 11.4. The van der Waals surface area contributed by atoms with Crippen LogP contribution in [0.4, 0.5) is 0 Å². The maximum Gasteiger partial charge on any atom is 0.0416 e. The van der Waals surface area contributed by atoms with Gasteiger partial charge in [-0.3, -0.25) is 4.98 Å². The first-order chi connectivity index (χ1) is 8.84. The lowest BCUT2D eigenvalue weighted by atomic mass is 9.94. The molecule has 0 saturated carbocycles. The molecule has 0 aliphatic carbocycles. The number of aromatic nitrogens is 1. The second kappa shape index (κ2) is 7.49. The first-order valence-corrected chi connectivity index (χ1v) is 7.14. The zero-order chi connectivity index (χ0) is 12.6. The van der Waals surface area contributed by atoms with Crippen LogP contribution < -0.4 is 5.32 Å². The summed E-state index contributed by atoms with van der Waals surface area (Å²) in [6, 6.07) is 6.16. The van der Waals surface area contributed by atoms with Gasteiger partial charge in [-0.15, -0.1) is 0 Å². The van der Waals surface area contributed by atoms with Gasteiger partial charge in [0, 0.05) is 24.9 Å². The summed E-state index contributed by atoms with van der Waals surface area (Å²) in [6.07, 6.45) is 7.00. The van der Waals surface area contributed by atoms with Crippen molar-refractivity contribution < 1.29 is 0 Å². The third kappa shape index (κ3) is 4.75. The average molecular weight is 247 g/mol. The summed E-state index contributed by atoms with van der Waals surface area (Å²) in [7, 11) is 2.23. The number of likely N-dealkylation sites (N-methyl/N-ethyl adjacent to an activating group) is 1. The smallest absolute Gasteiger partial charge is 0.0416 e. The molecule has 0 radical (unpaired) electrons. The molecule has 0 spiro atoms. The molecule has 1 aromatic rings. The molecule has 1 saturated heterocycles. The van der Waals surface area contributed by atoms with E-state index in [0.29, 0.717) is 0 Å². The molecule has 1 aliphatic rings. The minimum atomic E-state index is 0.934. The normalized spacial score (nSPS) is 17.2. The summed E-state index contributed by atoms with van der Waals surface area (Å²) in [4.78, 5) is 6.81. The van der Waals surface area contributed by atoms with Gasteiger partial charge in [0.2, 0.25) is 0 Å². The van der Waals surface area contributed by atoms with Gasteiger partial charge in [0.1, 0.15) is 0 Å². The van der Waals surface area contributed by atoms with Crippen LogP contribution in [0.1, 0.15) is 25.0 Å². The third-order valence-electron chi connectivity index (χ3n) is 3.85. The molecule has 0 amide bonds. The predicted octanol–water partition coefficient (Wildman–Crippen LogP) is 1.95. The number of hydrogen-bond donors (Lipinski definition) is 1. The molecule has 0 unspecified atom stereocenters. The van der Waals surface area contributed by atoms with Gasteiger partial charge in [-0.1, -0.05) is 6.07 Å². The lowest BCUT2D eigenvalue weighted by Gasteiger charge is -2.25. The number of rotatable bonds is 6. The van der Waals surface area contributed by atoms with Gasteiger partial charge in [0.15, 0.2) is 0 Å². The second-order valence-electron chi connectivity index (χ2n) is 5.36. The molecule has 2 rings (SSSR count). The quantitative estimate of drug-likeness (QED) is 0.833. The van der Waals surface area contributed by atoms with E-state index in [1.807, 2.05) is 12.3 Å². The fraction of sp³-hybridized carbons (Fsp3) is 0.667. The van der Waals surface area contributed by atoms with Gasteiger partial charge in [-0.2, -0.15) is 0 Å². The number of piperidine rings is 1. The topological polar surface area (TPSA) is 28.2 Å². The lowest BCUT2D eigenvalue weighted by molar-refractivity contribution is 0.272. The molecule has 3 heteroatoms. The van der Waals surface area contributed by atoms with Gasteiger partial charge in [-0.25, -0.2) is 0 Å². The molecule has 2 heterocycles. The highest BCUT2D eigenvalue weighted by atomic mass is 15.1. The van der Waals surface area contributed by atoms with E-state index in [0.717, 1.165) is 18.9 Å². The fourth-order valence-electron chi connectivity index (χ4n) is 2.54. The molecule has 1 fully saturated rings. The molecule has 0 aromatic carbocycles. The molecule has 1 aliphatic heterocycles. The third-order valence-corrected chi connectivity index (χ3v) is 3.85. The SMILES string of the molecule is CN(CCc1ccccn1)CCC1CCNCC1. The maximum atomic E-state index is 4.37. The summed E-state index contributed by atoms with van der Waals surface area (Å²) < 4.78 is 0. The number of nitrogens with one attached hydrogen (secondary N) is 1. The van der Waals surface area contributed by atoms with E-state index in [1.54, 1.807) is 0 Å². The van der Waals surface area contributed by atoms with Gasteiger partial charge in [-0.05, 0) is 64.0 Å². The molecule has 3 nitrogen and oxygen atoms in total. The van der Waals surface area contributed by atoms with Gasteiger partial charge in [0.05, 0.1) is 0 Å². The second-order valence-corrected chi connectivity index (χ2v) is 5.36. The Hall–Kier alpha value is -0.930. The van der Waals surface area contributed by atoms with E-state index >= 15 is 0 Å². The van der Waals surface area contributed by atoms with Crippen LogP contribution in [0.2, 0.25) is 0 Å². The van der Waals surface area contributed by atoms with Crippen molar-refractivity contribution in [1.29, 1.82) is 0 Å². The Kier molecular flexibility index (Phi) is 5.62. The van der Waals surface area contributed by atoms with E-state index in [-0.39, 0.29) is 0 Å². The number of nitrogens with zero attached hydrogens (tertiary/aromatic N) is 2. The first kappa shape index (κ1) is 13.5. The molecule has 0 bridgehead atoms. The summed E-state index contributed by atoms with van der Waals surface area (Å²) >= 11 is 0. The highest BCUT2D eigenvalue weighted by Crippen LogP contribution is 2.15. The van der Waals surface area contributed by atoms with Crippen molar-refractivity contribution in [3.63, 3.8) is 0 Å². The summed E-state index contributed by atoms with van der Waals surface area (Å²) in [5.74, 6) is 0.934. The van der Waals surface area contributed by atoms with Crippen LogP contribution in [0.5, 0.6) is 0 Å². The van der Waals surface area contributed by atoms with E-state index in [9.17, 15) is 0 Å². The van der Waals surface area contributed by atoms with Crippen molar-refractivity contribution in [2.75, 3.05) is 33.2 Å². The van der Waals surface area contributed by atoms with Crippen LogP contribution in [0.3, 0.4) is 0 Å². The molecule has 1 N–H and O–H groups in total. The molecule has 0 atom stereocenters. The summed E-state index contributed by atoms with van der Waals surface area (Å²) in [5, 5.41) is 3.43. The average Bonchev–Trinajstić information content (AvgIpc) is 2.45. The summed E-state index contributed by atoms with van der Waals surface area (Å²) in [5.41, 5.74) is 1.20. The van der Waals surface area contributed by atoms with Crippen molar-refractivity contribution in [2.24, 2.45) is 5.92 Å². The van der Waals surface area contributed by atoms with Crippen molar-refractivity contribution in [2.45, 2.75) is 25.7 Å². The fourth-order valence-corrected chi connectivity index (χ4v) is 2.54. The van der Waals surface area contributed by atoms with E-state index in [4.69, 9.17) is 0 Å². The van der Waals surface area contributed by atoms with Crippen LogP contribution in [0, 0.1) is 5.92 Å². The predicted molar refractivity (Wildman–Crippen MR) is 75.6 cm³/mol. The Morgan fingerprint density at radius 1 is 1.28 bits per heavy atom. The Balaban J connectivity index is 1.61. The first-order valence-electron chi connectivity index (χ1n) is 7.14. The Labute approximate surface area is 111 Å². The highest BCUT2D eigenvalue weighted by molar-refractivity contribution is 5.03. The van der Waals surface area contributed by atoms with Crippen LogP contribution in [-0.4, -0.2) is 43.1 Å². The van der Waals surface area contributed by atoms with E-state index < -0.39 is 0 Å². The highest BCUT2D eigenvalue weighted by Gasteiger charge is 2.13. The van der Waals surface area contributed by atoms with Crippen molar-refractivity contribution in [3.05, 3.63) is 30.1 Å². The maximum absolute atomic E-state index is 4.37. The molecular formula is C15H25N3. The van der Waals surface area contributed by atoms with Crippen LogP contribution in [0.15, 0.2) is 24.4 Å². The Morgan fingerprint density at radius 2 is 2.11 bits per heavy atom. The van der Waals surface area contributed by atoms with Gasteiger partial charge < -0.3 is 10.2 Å². The molecule has 1 aromatic heterocycles. The minimum absolute atomic E-state index is 0.934. The largest absolute Gasteiger partial charge is 0.317 e. The number of pyridine rings is 1. The van der Waals surface area contributed by atoms with Crippen molar-refractivity contribution in [3.8, 4) is 0 Å².